The predicted octanol–water partition coefficient (Wildman–Crippen LogP) is 1.97. The van der Waals surface area contributed by atoms with Crippen molar-refractivity contribution in [1.82, 2.24) is 20.6 Å². The quantitative estimate of drug-likeness (QED) is 0.629. The van der Waals surface area contributed by atoms with Gasteiger partial charge in [-0.25, -0.2) is 9.97 Å². The average molecular weight is 319 g/mol. The molecule has 0 saturated heterocycles. The first-order valence-electron chi connectivity index (χ1n) is 7.12. The highest BCUT2D eigenvalue weighted by Crippen LogP contribution is 2.13. The Morgan fingerprint density at radius 1 is 1.32 bits per heavy atom. The summed E-state index contributed by atoms with van der Waals surface area (Å²) in [7, 11) is 3.36. The summed E-state index contributed by atoms with van der Waals surface area (Å²) in [6, 6.07) is 3.86. The molecule has 0 unspecified atom stereocenters. The molecule has 6 nitrogen and oxygen atoms in total. The number of methoxy groups -OCH3 is 1. The molecule has 22 heavy (non-hydrogen) atoms. The molecular weight excluding hydrogens is 298 g/mol. The van der Waals surface area contributed by atoms with E-state index in [1.807, 2.05) is 18.3 Å². The molecule has 2 aromatic heterocycles. The first-order valence-corrected chi connectivity index (χ1v) is 7.94. The molecule has 2 rings (SSSR count). The number of hydrogen-bond acceptors (Lipinski definition) is 5. The smallest absolute Gasteiger partial charge is 0.218 e. The monoisotopic (exact) mass is 319 g/mol. The standard InChI is InChI=1S/C15H21N5OS/c1-4-12-9-18-13(22-12)10-20-15(16-2)19-8-11-6-5-7-17-14(11)21-3/h5-7,9H,4,8,10H2,1-3H3,(H2,16,19,20). The van der Waals surface area contributed by atoms with Crippen molar-refractivity contribution in [2.45, 2.75) is 26.4 Å². The number of guanidine groups is 1. The number of nitrogens with zero attached hydrogens (tertiary/aromatic N) is 3. The van der Waals surface area contributed by atoms with Crippen molar-refractivity contribution >= 4 is 17.3 Å². The second kappa shape index (κ2) is 8.33. The lowest BCUT2D eigenvalue weighted by Gasteiger charge is -2.12. The molecule has 0 aromatic carbocycles. The van der Waals surface area contributed by atoms with Crippen LogP contribution in [0, 0.1) is 0 Å². The lowest BCUT2D eigenvalue weighted by atomic mass is 10.3. The van der Waals surface area contributed by atoms with E-state index < -0.39 is 0 Å². The van der Waals surface area contributed by atoms with E-state index in [0.29, 0.717) is 19.0 Å². The number of aromatic nitrogens is 2. The summed E-state index contributed by atoms with van der Waals surface area (Å²) in [6.07, 6.45) is 4.66. The van der Waals surface area contributed by atoms with Crippen LogP contribution >= 0.6 is 11.3 Å². The van der Waals surface area contributed by atoms with Gasteiger partial charge in [-0.3, -0.25) is 4.99 Å². The summed E-state index contributed by atoms with van der Waals surface area (Å²) < 4.78 is 5.24. The summed E-state index contributed by atoms with van der Waals surface area (Å²) >= 11 is 1.72. The highest BCUT2D eigenvalue weighted by Gasteiger charge is 2.06. The van der Waals surface area contributed by atoms with Gasteiger partial charge in [0, 0.05) is 36.4 Å². The maximum absolute atomic E-state index is 5.24. The Kier molecular flexibility index (Phi) is 6.14. The van der Waals surface area contributed by atoms with Crippen LogP contribution in [0.1, 0.15) is 22.4 Å². The SMILES string of the molecule is CCc1cnc(CNC(=NC)NCc2cccnc2OC)s1. The minimum absolute atomic E-state index is 0.592. The van der Waals surface area contributed by atoms with Crippen molar-refractivity contribution in [3.8, 4) is 5.88 Å². The summed E-state index contributed by atoms with van der Waals surface area (Å²) in [5.74, 6) is 1.34. The van der Waals surface area contributed by atoms with Gasteiger partial charge < -0.3 is 15.4 Å². The molecule has 118 valence electrons. The maximum Gasteiger partial charge on any atom is 0.218 e. The summed E-state index contributed by atoms with van der Waals surface area (Å²) in [5, 5.41) is 7.56. The van der Waals surface area contributed by atoms with E-state index in [4.69, 9.17) is 4.74 Å². The van der Waals surface area contributed by atoms with Gasteiger partial charge >= 0.3 is 0 Å². The first-order chi connectivity index (χ1) is 10.8. The van der Waals surface area contributed by atoms with E-state index in [9.17, 15) is 0 Å². The van der Waals surface area contributed by atoms with Crippen LogP contribution in [0.5, 0.6) is 5.88 Å². The fourth-order valence-corrected chi connectivity index (χ4v) is 2.70. The van der Waals surface area contributed by atoms with Crippen molar-refractivity contribution in [2.24, 2.45) is 4.99 Å². The topological polar surface area (TPSA) is 71.4 Å². The van der Waals surface area contributed by atoms with Crippen LogP contribution in [0.3, 0.4) is 0 Å². The number of nitrogens with one attached hydrogen (secondary N) is 2. The van der Waals surface area contributed by atoms with Gasteiger partial charge in [-0.2, -0.15) is 0 Å². The maximum atomic E-state index is 5.24. The molecule has 0 saturated carbocycles. The fraction of sp³-hybridized carbons (Fsp3) is 0.400. The fourth-order valence-electron chi connectivity index (χ4n) is 1.89. The molecular formula is C15H21N5OS. The number of pyridine rings is 1. The van der Waals surface area contributed by atoms with Crippen LogP contribution < -0.4 is 15.4 Å². The molecule has 0 radical (unpaired) electrons. The number of thiazole rings is 1. The molecule has 7 heteroatoms. The van der Waals surface area contributed by atoms with Crippen molar-refractivity contribution in [2.75, 3.05) is 14.2 Å². The number of aryl methyl sites for hydroxylation is 1. The molecule has 0 bridgehead atoms. The number of rotatable bonds is 6. The van der Waals surface area contributed by atoms with E-state index >= 15 is 0 Å². The molecule has 0 aliphatic carbocycles. The van der Waals surface area contributed by atoms with Gasteiger partial charge in [0.2, 0.25) is 5.88 Å². The lowest BCUT2D eigenvalue weighted by molar-refractivity contribution is 0.392. The summed E-state index contributed by atoms with van der Waals surface area (Å²) in [4.78, 5) is 14.1. The van der Waals surface area contributed by atoms with Crippen LogP contribution in [0.2, 0.25) is 0 Å². The van der Waals surface area contributed by atoms with E-state index in [1.54, 1.807) is 31.7 Å². The third kappa shape index (κ3) is 4.42. The van der Waals surface area contributed by atoms with Gasteiger partial charge in [-0.05, 0) is 12.5 Å². The van der Waals surface area contributed by atoms with E-state index in [0.717, 1.165) is 23.0 Å². The van der Waals surface area contributed by atoms with Gasteiger partial charge in [0.15, 0.2) is 5.96 Å². The lowest BCUT2D eigenvalue weighted by Crippen LogP contribution is -2.36. The zero-order chi connectivity index (χ0) is 15.8. The van der Waals surface area contributed by atoms with Crippen LogP contribution in [0.25, 0.3) is 0 Å². The first kappa shape index (κ1) is 16.2. The Morgan fingerprint density at radius 2 is 2.14 bits per heavy atom. The Morgan fingerprint density at radius 3 is 2.82 bits per heavy atom. The van der Waals surface area contributed by atoms with E-state index in [1.165, 1.54) is 4.88 Å². The number of aliphatic imine (C=N–C) groups is 1. The van der Waals surface area contributed by atoms with Crippen LogP contribution in [0.4, 0.5) is 0 Å². The molecule has 0 atom stereocenters. The molecule has 0 amide bonds. The van der Waals surface area contributed by atoms with Crippen molar-refractivity contribution in [1.29, 1.82) is 0 Å². The van der Waals surface area contributed by atoms with Gasteiger partial charge in [-0.15, -0.1) is 11.3 Å². The molecule has 0 spiro atoms. The third-order valence-corrected chi connectivity index (χ3v) is 4.21. The Labute approximate surface area is 134 Å². The van der Waals surface area contributed by atoms with Gasteiger partial charge in [-0.1, -0.05) is 13.0 Å². The molecule has 0 aliphatic heterocycles. The van der Waals surface area contributed by atoms with Crippen LogP contribution in [-0.4, -0.2) is 30.1 Å². The predicted molar refractivity (Wildman–Crippen MR) is 89.3 cm³/mol. The summed E-state index contributed by atoms with van der Waals surface area (Å²) in [5.41, 5.74) is 0.982. The second-order valence-electron chi connectivity index (χ2n) is 4.52. The highest BCUT2D eigenvalue weighted by atomic mass is 32.1. The van der Waals surface area contributed by atoms with Crippen molar-refractivity contribution < 1.29 is 4.74 Å². The molecule has 2 heterocycles. The Hall–Kier alpha value is -2.15. The van der Waals surface area contributed by atoms with Gasteiger partial charge in [0.05, 0.1) is 13.7 Å². The zero-order valence-electron chi connectivity index (χ0n) is 13.1. The van der Waals surface area contributed by atoms with Crippen molar-refractivity contribution in [3.05, 3.63) is 40.0 Å². The molecule has 0 aliphatic rings. The zero-order valence-corrected chi connectivity index (χ0v) is 13.9. The summed E-state index contributed by atoms with van der Waals surface area (Å²) in [6.45, 7) is 3.38. The van der Waals surface area contributed by atoms with Gasteiger partial charge in [0.25, 0.3) is 0 Å². The van der Waals surface area contributed by atoms with Crippen molar-refractivity contribution in [3.63, 3.8) is 0 Å². The van der Waals surface area contributed by atoms with Gasteiger partial charge in [0.1, 0.15) is 5.01 Å². The number of hydrogen-bond donors (Lipinski definition) is 2. The van der Waals surface area contributed by atoms with E-state index in [2.05, 4.69) is 32.5 Å². The van der Waals surface area contributed by atoms with Crippen LogP contribution in [0.15, 0.2) is 29.5 Å². The Balaban J connectivity index is 1.87. The van der Waals surface area contributed by atoms with E-state index in [-0.39, 0.29) is 0 Å². The highest BCUT2D eigenvalue weighted by molar-refractivity contribution is 7.11. The molecule has 0 fully saturated rings. The largest absolute Gasteiger partial charge is 0.481 e. The normalized spacial score (nSPS) is 11.3. The average Bonchev–Trinajstić information content (AvgIpc) is 3.03. The minimum atomic E-state index is 0.592. The Bertz CT molecular complexity index is 626. The van der Waals surface area contributed by atoms with Crippen LogP contribution in [-0.2, 0) is 19.5 Å². The number of ether oxygens (including phenoxy) is 1. The minimum Gasteiger partial charge on any atom is -0.481 e. The third-order valence-electron chi connectivity index (χ3n) is 3.07. The molecule has 2 N–H and O–H groups in total. The molecule has 2 aromatic rings. The second-order valence-corrected chi connectivity index (χ2v) is 5.72.